The Morgan fingerprint density at radius 2 is 2.24 bits per heavy atom. The number of rotatable bonds is 3. The zero-order chi connectivity index (χ0) is 12.4. The number of carbonyl (C=O) groups is 2. The molecule has 17 heavy (non-hydrogen) atoms. The molecule has 2 rings (SSSR count). The maximum atomic E-state index is 12.0. The van der Waals surface area contributed by atoms with Crippen LogP contribution in [0.5, 0.6) is 0 Å². The van der Waals surface area contributed by atoms with Gasteiger partial charge in [0.05, 0.1) is 12.8 Å². The quantitative estimate of drug-likeness (QED) is 0.848. The summed E-state index contributed by atoms with van der Waals surface area (Å²) in [6, 6.07) is 2.72. The standard InChI is InChI=1S/C12H16N2O3/c1-3-10-11(15)13-8(2)12(16)14(10)7-9-5-4-6-17-9/h4-6,8,10H,3,7H2,1-2H3,(H,13,15). The normalized spacial score (nSPS) is 24.9. The maximum absolute atomic E-state index is 12.0. The summed E-state index contributed by atoms with van der Waals surface area (Å²) >= 11 is 0. The Morgan fingerprint density at radius 1 is 1.47 bits per heavy atom. The first-order valence-corrected chi connectivity index (χ1v) is 5.76. The molecule has 0 aromatic carbocycles. The molecule has 5 heteroatoms. The predicted octanol–water partition coefficient (Wildman–Crippen LogP) is 0.905. The molecule has 0 radical (unpaired) electrons. The average molecular weight is 236 g/mol. The molecule has 1 aromatic heterocycles. The van der Waals surface area contributed by atoms with Crippen LogP contribution in [0.1, 0.15) is 26.0 Å². The van der Waals surface area contributed by atoms with Gasteiger partial charge in [-0.3, -0.25) is 9.59 Å². The molecule has 0 saturated carbocycles. The molecule has 1 saturated heterocycles. The van der Waals surface area contributed by atoms with Crippen LogP contribution in [0.2, 0.25) is 0 Å². The van der Waals surface area contributed by atoms with Crippen LogP contribution in [-0.4, -0.2) is 28.8 Å². The highest BCUT2D eigenvalue weighted by Crippen LogP contribution is 2.17. The van der Waals surface area contributed by atoms with Gasteiger partial charge in [-0.2, -0.15) is 0 Å². The minimum Gasteiger partial charge on any atom is -0.467 e. The number of amides is 2. The number of nitrogens with zero attached hydrogens (tertiary/aromatic N) is 1. The molecule has 2 heterocycles. The topological polar surface area (TPSA) is 62.6 Å². The van der Waals surface area contributed by atoms with E-state index in [-0.39, 0.29) is 11.8 Å². The zero-order valence-corrected chi connectivity index (χ0v) is 9.97. The van der Waals surface area contributed by atoms with Crippen LogP contribution in [0.3, 0.4) is 0 Å². The molecule has 1 N–H and O–H groups in total. The van der Waals surface area contributed by atoms with Crippen LogP contribution in [0, 0.1) is 0 Å². The van der Waals surface area contributed by atoms with Crippen molar-refractivity contribution in [3.8, 4) is 0 Å². The summed E-state index contributed by atoms with van der Waals surface area (Å²) in [7, 11) is 0. The number of furan rings is 1. The van der Waals surface area contributed by atoms with Crippen LogP contribution in [0.15, 0.2) is 22.8 Å². The minimum atomic E-state index is -0.458. The second kappa shape index (κ2) is 4.61. The van der Waals surface area contributed by atoms with E-state index >= 15 is 0 Å². The van der Waals surface area contributed by atoms with Gasteiger partial charge in [-0.15, -0.1) is 0 Å². The van der Waals surface area contributed by atoms with E-state index in [1.165, 1.54) is 0 Å². The van der Waals surface area contributed by atoms with Crippen molar-refractivity contribution in [3.63, 3.8) is 0 Å². The fourth-order valence-corrected chi connectivity index (χ4v) is 2.08. The first-order valence-electron chi connectivity index (χ1n) is 5.76. The molecular formula is C12H16N2O3. The summed E-state index contributed by atoms with van der Waals surface area (Å²) in [5, 5.41) is 2.68. The molecule has 1 aliphatic rings. The first kappa shape index (κ1) is 11.7. The lowest BCUT2D eigenvalue weighted by Crippen LogP contribution is -2.61. The Kier molecular flexibility index (Phi) is 3.17. The van der Waals surface area contributed by atoms with Gasteiger partial charge < -0.3 is 14.6 Å². The van der Waals surface area contributed by atoms with Crippen molar-refractivity contribution >= 4 is 11.8 Å². The Labute approximate surface area is 99.8 Å². The molecule has 0 spiro atoms. The molecule has 2 atom stereocenters. The minimum absolute atomic E-state index is 0.0622. The van der Waals surface area contributed by atoms with E-state index in [1.54, 1.807) is 30.2 Å². The third-order valence-electron chi connectivity index (χ3n) is 2.98. The molecule has 1 aliphatic heterocycles. The van der Waals surface area contributed by atoms with Gasteiger partial charge in [-0.05, 0) is 25.5 Å². The smallest absolute Gasteiger partial charge is 0.245 e. The summed E-state index contributed by atoms with van der Waals surface area (Å²) in [4.78, 5) is 25.4. The summed E-state index contributed by atoms with van der Waals surface area (Å²) < 4.78 is 5.22. The van der Waals surface area contributed by atoms with Gasteiger partial charge in [0.25, 0.3) is 0 Å². The lowest BCUT2D eigenvalue weighted by molar-refractivity contribution is -0.149. The van der Waals surface area contributed by atoms with E-state index in [9.17, 15) is 9.59 Å². The molecule has 0 aliphatic carbocycles. The highest BCUT2D eigenvalue weighted by molar-refractivity contribution is 5.96. The van der Waals surface area contributed by atoms with E-state index in [1.807, 2.05) is 6.92 Å². The van der Waals surface area contributed by atoms with Crippen molar-refractivity contribution in [1.29, 1.82) is 0 Å². The third kappa shape index (κ3) is 2.18. The fraction of sp³-hybridized carbons (Fsp3) is 0.500. The van der Waals surface area contributed by atoms with E-state index in [2.05, 4.69) is 5.32 Å². The molecule has 2 amide bonds. The monoisotopic (exact) mass is 236 g/mol. The van der Waals surface area contributed by atoms with Crippen molar-refractivity contribution in [2.24, 2.45) is 0 Å². The maximum Gasteiger partial charge on any atom is 0.245 e. The molecule has 1 fully saturated rings. The van der Waals surface area contributed by atoms with Crippen LogP contribution < -0.4 is 5.32 Å². The molecule has 92 valence electrons. The van der Waals surface area contributed by atoms with E-state index in [0.717, 1.165) is 0 Å². The zero-order valence-electron chi connectivity index (χ0n) is 9.97. The molecule has 5 nitrogen and oxygen atoms in total. The second-order valence-electron chi connectivity index (χ2n) is 4.20. The van der Waals surface area contributed by atoms with Gasteiger partial charge in [0.2, 0.25) is 11.8 Å². The van der Waals surface area contributed by atoms with E-state index < -0.39 is 12.1 Å². The molecule has 2 unspecified atom stereocenters. The Morgan fingerprint density at radius 3 is 2.82 bits per heavy atom. The third-order valence-corrected chi connectivity index (χ3v) is 2.98. The number of carbonyl (C=O) groups excluding carboxylic acids is 2. The van der Waals surface area contributed by atoms with Crippen LogP contribution in [-0.2, 0) is 16.1 Å². The van der Waals surface area contributed by atoms with E-state index in [0.29, 0.717) is 18.7 Å². The Hall–Kier alpha value is -1.78. The summed E-state index contributed by atoms with van der Waals surface area (Å²) in [6.07, 6.45) is 2.17. The van der Waals surface area contributed by atoms with Gasteiger partial charge in [0.1, 0.15) is 17.8 Å². The fourth-order valence-electron chi connectivity index (χ4n) is 2.08. The van der Waals surface area contributed by atoms with Gasteiger partial charge in [-0.1, -0.05) is 6.92 Å². The lowest BCUT2D eigenvalue weighted by Gasteiger charge is -2.36. The number of hydrogen-bond acceptors (Lipinski definition) is 3. The van der Waals surface area contributed by atoms with E-state index in [4.69, 9.17) is 4.42 Å². The van der Waals surface area contributed by atoms with Gasteiger partial charge in [-0.25, -0.2) is 0 Å². The largest absolute Gasteiger partial charge is 0.467 e. The van der Waals surface area contributed by atoms with Crippen molar-refractivity contribution in [2.75, 3.05) is 0 Å². The number of piperazine rings is 1. The first-order chi connectivity index (χ1) is 8.13. The molecule has 0 bridgehead atoms. The van der Waals surface area contributed by atoms with Gasteiger partial charge in [0, 0.05) is 0 Å². The second-order valence-corrected chi connectivity index (χ2v) is 4.20. The van der Waals surface area contributed by atoms with Crippen molar-refractivity contribution < 1.29 is 14.0 Å². The van der Waals surface area contributed by atoms with Crippen LogP contribution in [0.25, 0.3) is 0 Å². The van der Waals surface area contributed by atoms with Gasteiger partial charge in [0.15, 0.2) is 0 Å². The van der Waals surface area contributed by atoms with Crippen LogP contribution >= 0.6 is 0 Å². The number of hydrogen-bond donors (Lipinski definition) is 1. The van der Waals surface area contributed by atoms with Gasteiger partial charge >= 0.3 is 0 Å². The summed E-state index contributed by atoms with van der Waals surface area (Å²) in [6.45, 7) is 3.94. The Balaban J connectivity index is 2.20. The van der Waals surface area contributed by atoms with Crippen molar-refractivity contribution in [2.45, 2.75) is 38.9 Å². The summed E-state index contributed by atoms with van der Waals surface area (Å²) in [5.41, 5.74) is 0. The lowest BCUT2D eigenvalue weighted by atomic mass is 10.1. The van der Waals surface area contributed by atoms with Crippen LogP contribution in [0.4, 0.5) is 0 Å². The Bertz CT molecular complexity index is 413. The summed E-state index contributed by atoms with van der Waals surface area (Å²) in [5.74, 6) is 0.540. The highest BCUT2D eigenvalue weighted by atomic mass is 16.3. The highest BCUT2D eigenvalue weighted by Gasteiger charge is 2.37. The SMILES string of the molecule is CCC1C(=O)NC(C)C(=O)N1Cc1ccco1. The van der Waals surface area contributed by atoms with Crippen molar-refractivity contribution in [3.05, 3.63) is 24.2 Å². The molecular weight excluding hydrogens is 220 g/mol. The number of nitrogens with one attached hydrogen (secondary N) is 1. The van der Waals surface area contributed by atoms with Crippen molar-refractivity contribution in [1.82, 2.24) is 10.2 Å². The average Bonchev–Trinajstić information content (AvgIpc) is 2.78. The predicted molar refractivity (Wildman–Crippen MR) is 60.9 cm³/mol. The molecule has 1 aromatic rings.